The minimum absolute atomic E-state index is 0.0312. The van der Waals surface area contributed by atoms with Crippen LogP contribution in [0.25, 0.3) is 0 Å². The predicted octanol–water partition coefficient (Wildman–Crippen LogP) is 0.254. The average molecular weight is 161 g/mol. The van der Waals surface area contributed by atoms with Crippen molar-refractivity contribution in [1.82, 2.24) is 4.72 Å². The molecular formula is C6H11NO2S. The van der Waals surface area contributed by atoms with Crippen LogP contribution in [-0.4, -0.2) is 20.2 Å². The van der Waals surface area contributed by atoms with E-state index in [0.29, 0.717) is 0 Å². The first-order chi connectivity index (χ1) is 4.64. The lowest BCUT2D eigenvalue weighted by atomic mass is 10.8. The molecule has 1 N–H and O–H groups in total. The maximum Gasteiger partial charge on any atom is 0.215 e. The van der Waals surface area contributed by atoms with E-state index in [1.807, 2.05) is 0 Å². The van der Waals surface area contributed by atoms with Crippen LogP contribution in [0.1, 0.15) is 12.8 Å². The molecule has 1 rings (SSSR count). The molecule has 0 atom stereocenters. The van der Waals surface area contributed by atoms with Crippen molar-refractivity contribution in [3.63, 3.8) is 0 Å². The van der Waals surface area contributed by atoms with Crippen LogP contribution in [0, 0.1) is 0 Å². The van der Waals surface area contributed by atoms with Gasteiger partial charge in [-0.2, -0.15) is 0 Å². The Kier molecular flexibility index (Phi) is 2.11. The Morgan fingerprint density at radius 1 is 1.60 bits per heavy atom. The highest BCUT2D eigenvalue weighted by Crippen LogP contribution is 2.19. The first-order valence-electron chi connectivity index (χ1n) is 3.25. The highest BCUT2D eigenvalue weighted by atomic mass is 32.2. The summed E-state index contributed by atoms with van der Waals surface area (Å²) in [4.78, 5) is 0. The van der Waals surface area contributed by atoms with E-state index in [4.69, 9.17) is 0 Å². The molecule has 0 aliphatic heterocycles. The molecule has 58 valence electrons. The molecular weight excluding hydrogens is 150 g/mol. The van der Waals surface area contributed by atoms with Crippen molar-refractivity contribution in [2.75, 3.05) is 5.75 Å². The van der Waals surface area contributed by atoms with Crippen LogP contribution in [-0.2, 0) is 10.0 Å². The molecule has 0 radical (unpaired) electrons. The Bertz CT molecular complexity index is 216. The first kappa shape index (κ1) is 7.75. The largest absolute Gasteiger partial charge is 0.215 e. The van der Waals surface area contributed by atoms with Gasteiger partial charge in [0.25, 0.3) is 0 Å². The van der Waals surface area contributed by atoms with Crippen LogP contribution in [0.5, 0.6) is 0 Å². The standard InChI is InChI=1S/C6H11NO2S/c1-2-5-10(8,9)7-6-3-4-6/h2,6-7H,1,3-5H2. The second-order valence-electron chi connectivity index (χ2n) is 2.46. The molecule has 0 aromatic carbocycles. The van der Waals surface area contributed by atoms with Crippen LogP contribution in [0.2, 0.25) is 0 Å². The van der Waals surface area contributed by atoms with Crippen LogP contribution >= 0.6 is 0 Å². The highest BCUT2D eigenvalue weighted by Gasteiger charge is 2.25. The molecule has 1 fully saturated rings. The van der Waals surface area contributed by atoms with Gasteiger partial charge in [-0.3, -0.25) is 0 Å². The third kappa shape index (κ3) is 2.49. The van der Waals surface area contributed by atoms with E-state index in [1.165, 1.54) is 6.08 Å². The van der Waals surface area contributed by atoms with Crippen molar-refractivity contribution < 1.29 is 8.42 Å². The summed E-state index contributed by atoms with van der Waals surface area (Å²) < 4.78 is 24.3. The normalized spacial score (nSPS) is 18.8. The summed E-state index contributed by atoms with van der Waals surface area (Å²) in [6, 6.07) is 0.213. The molecule has 1 aliphatic rings. The Morgan fingerprint density at radius 3 is 2.60 bits per heavy atom. The SMILES string of the molecule is C=CCS(=O)(=O)NC1CC1. The van der Waals surface area contributed by atoms with Gasteiger partial charge in [0.05, 0.1) is 5.75 Å². The molecule has 0 spiro atoms. The Morgan fingerprint density at radius 2 is 2.20 bits per heavy atom. The number of hydrogen-bond donors (Lipinski definition) is 1. The maximum atomic E-state index is 10.9. The van der Waals surface area contributed by atoms with Gasteiger partial charge in [-0.1, -0.05) is 6.08 Å². The minimum Gasteiger partial charge on any atom is -0.212 e. The van der Waals surface area contributed by atoms with Gasteiger partial charge in [0, 0.05) is 6.04 Å². The van der Waals surface area contributed by atoms with Crippen LogP contribution < -0.4 is 4.72 Å². The van der Waals surface area contributed by atoms with E-state index in [2.05, 4.69) is 11.3 Å². The van der Waals surface area contributed by atoms with Gasteiger partial charge in [-0.15, -0.1) is 6.58 Å². The maximum absolute atomic E-state index is 10.9. The number of hydrogen-bond acceptors (Lipinski definition) is 2. The number of nitrogens with one attached hydrogen (secondary N) is 1. The Balaban J connectivity index is 2.41. The monoisotopic (exact) mass is 161 g/mol. The minimum atomic E-state index is -3.04. The summed E-state index contributed by atoms with van der Waals surface area (Å²) >= 11 is 0. The van der Waals surface area contributed by atoms with Crippen molar-refractivity contribution in [3.8, 4) is 0 Å². The predicted molar refractivity (Wildman–Crippen MR) is 40.1 cm³/mol. The smallest absolute Gasteiger partial charge is 0.212 e. The van der Waals surface area contributed by atoms with E-state index in [9.17, 15) is 8.42 Å². The first-order valence-corrected chi connectivity index (χ1v) is 4.90. The lowest BCUT2D eigenvalue weighted by molar-refractivity contribution is 0.584. The van der Waals surface area contributed by atoms with Crippen LogP contribution in [0.15, 0.2) is 12.7 Å². The molecule has 0 amide bonds. The van der Waals surface area contributed by atoms with Gasteiger partial charge in [0.2, 0.25) is 10.0 Å². The Hall–Kier alpha value is -0.350. The zero-order valence-electron chi connectivity index (χ0n) is 5.71. The van der Waals surface area contributed by atoms with E-state index in [1.54, 1.807) is 0 Å². The second-order valence-corrected chi connectivity index (χ2v) is 4.26. The summed E-state index contributed by atoms with van der Waals surface area (Å²) in [7, 11) is -3.04. The highest BCUT2D eigenvalue weighted by molar-refractivity contribution is 7.89. The van der Waals surface area contributed by atoms with Gasteiger partial charge < -0.3 is 0 Å². The van der Waals surface area contributed by atoms with E-state index in [-0.39, 0.29) is 11.8 Å². The molecule has 0 bridgehead atoms. The number of rotatable bonds is 4. The van der Waals surface area contributed by atoms with Crippen molar-refractivity contribution in [3.05, 3.63) is 12.7 Å². The van der Waals surface area contributed by atoms with Gasteiger partial charge in [-0.05, 0) is 12.8 Å². The summed E-state index contributed by atoms with van der Waals surface area (Å²) in [5.74, 6) is 0.0312. The van der Waals surface area contributed by atoms with Gasteiger partial charge in [0.1, 0.15) is 0 Å². The molecule has 3 nitrogen and oxygen atoms in total. The van der Waals surface area contributed by atoms with Crippen LogP contribution in [0.3, 0.4) is 0 Å². The third-order valence-electron chi connectivity index (χ3n) is 1.26. The second kappa shape index (κ2) is 2.72. The summed E-state index contributed by atoms with van der Waals surface area (Å²) in [5, 5.41) is 0. The lowest BCUT2D eigenvalue weighted by Gasteiger charge is -1.99. The lowest BCUT2D eigenvalue weighted by Crippen LogP contribution is -2.27. The van der Waals surface area contributed by atoms with Crippen molar-refractivity contribution in [1.29, 1.82) is 0 Å². The average Bonchev–Trinajstić information content (AvgIpc) is 2.48. The molecule has 0 aromatic heterocycles. The van der Waals surface area contributed by atoms with Crippen LogP contribution in [0.4, 0.5) is 0 Å². The van der Waals surface area contributed by atoms with Crippen molar-refractivity contribution in [2.24, 2.45) is 0 Å². The van der Waals surface area contributed by atoms with E-state index >= 15 is 0 Å². The fourth-order valence-electron chi connectivity index (χ4n) is 0.658. The number of sulfonamides is 1. The fraction of sp³-hybridized carbons (Fsp3) is 0.667. The van der Waals surface area contributed by atoms with Gasteiger partial charge >= 0.3 is 0 Å². The molecule has 0 heterocycles. The van der Waals surface area contributed by atoms with Crippen molar-refractivity contribution in [2.45, 2.75) is 18.9 Å². The quantitative estimate of drug-likeness (QED) is 0.601. The summed E-state index contributed by atoms with van der Waals surface area (Å²) in [5.41, 5.74) is 0. The molecule has 0 unspecified atom stereocenters. The topological polar surface area (TPSA) is 46.2 Å². The molecule has 1 saturated carbocycles. The van der Waals surface area contributed by atoms with Gasteiger partial charge in [-0.25, -0.2) is 13.1 Å². The zero-order chi connectivity index (χ0) is 7.61. The molecule has 0 saturated heterocycles. The summed E-state index contributed by atoms with van der Waals surface area (Å²) in [6.45, 7) is 3.35. The molecule has 0 aromatic rings. The fourth-order valence-corrected chi connectivity index (χ4v) is 1.81. The van der Waals surface area contributed by atoms with Gasteiger partial charge in [0.15, 0.2) is 0 Å². The Labute approximate surface area is 61.2 Å². The molecule has 1 aliphatic carbocycles. The van der Waals surface area contributed by atoms with Crippen molar-refractivity contribution >= 4 is 10.0 Å². The molecule has 4 heteroatoms. The summed E-state index contributed by atoms with van der Waals surface area (Å²) in [6.07, 6.45) is 3.36. The molecule has 10 heavy (non-hydrogen) atoms. The zero-order valence-corrected chi connectivity index (χ0v) is 6.52. The van der Waals surface area contributed by atoms with E-state index in [0.717, 1.165) is 12.8 Å². The third-order valence-corrected chi connectivity index (χ3v) is 2.63. The van der Waals surface area contributed by atoms with E-state index < -0.39 is 10.0 Å².